The van der Waals surface area contributed by atoms with Gasteiger partial charge in [-0.3, -0.25) is 14.6 Å². The van der Waals surface area contributed by atoms with Crippen LogP contribution in [0.15, 0.2) is 48.5 Å². The van der Waals surface area contributed by atoms with Crippen molar-refractivity contribution in [3.8, 4) is 0 Å². The van der Waals surface area contributed by atoms with Crippen molar-refractivity contribution >= 4 is 5.91 Å². The third kappa shape index (κ3) is 4.96. The number of amides is 1. The molecule has 0 aromatic heterocycles. The number of piperazine rings is 1. The summed E-state index contributed by atoms with van der Waals surface area (Å²) >= 11 is 0. The number of carbonyl (C=O) groups is 1. The average Bonchev–Trinajstić information content (AvgIpc) is 2.81. The molecule has 4 nitrogen and oxygen atoms in total. The first-order chi connectivity index (χ1) is 15.1. The molecule has 0 spiro atoms. The Hall–Kier alpha value is -2.31. The van der Waals surface area contributed by atoms with E-state index in [4.69, 9.17) is 0 Å². The van der Waals surface area contributed by atoms with Crippen LogP contribution in [0.5, 0.6) is 0 Å². The van der Waals surface area contributed by atoms with Gasteiger partial charge in [0.15, 0.2) is 0 Å². The molecule has 1 amide bonds. The van der Waals surface area contributed by atoms with Crippen molar-refractivity contribution in [3.63, 3.8) is 0 Å². The lowest BCUT2D eigenvalue weighted by Gasteiger charge is -2.42. The average molecular weight is 428 g/mol. The summed E-state index contributed by atoms with van der Waals surface area (Å²) in [6, 6.07) is 13.0. The highest BCUT2D eigenvalue weighted by atomic mass is 19.1. The largest absolute Gasteiger partial charge is 0.339 e. The Kier molecular flexibility index (Phi) is 6.98. The number of halogens is 2. The van der Waals surface area contributed by atoms with E-state index in [1.807, 2.05) is 4.90 Å². The lowest BCUT2D eigenvalue weighted by molar-refractivity contribution is -0.140. The van der Waals surface area contributed by atoms with Crippen LogP contribution in [0.1, 0.15) is 43.4 Å². The van der Waals surface area contributed by atoms with E-state index >= 15 is 0 Å². The zero-order valence-corrected chi connectivity index (χ0v) is 18.1. The number of piperidine rings is 1. The second-order valence-electron chi connectivity index (χ2n) is 8.51. The van der Waals surface area contributed by atoms with E-state index in [1.54, 1.807) is 24.3 Å². The van der Waals surface area contributed by atoms with Gasteiger partial charge < -0.3 is 4.90 Å². The van der Waals surface area contributed by atoms with Crippen LogP contribution < -0.4 is 0 Å². The third-order valence-corrected chi connectivity index (χ3v) is 6.67. The Morgan fingerprint density at radius 3 is 1.94 bits per heavy atom. The van der Waals surface area contributed by atoms with Crippen LogP contribution in [0.4, 0.5) is 8.78 Å². The van der Waals surface area contributed by atoms with Crippen molar-refractivity contribution in [2.24, 2.45) is 0 Å². The highest BCUT2D eigenvalue weighted by molar-refractivity contribution is 5.82. The van der Waals surface area contributed by atoms with Crippen LogP contribution in [0, 0.1) is 11.6 Å². The minimum absolute atomic E-state index is 0.00953. The topological polar surface area (TPSA) is 26.8 Å². The predicted molar refractivity (Wildman–Crippen MR) is 118 cm³/mol. The van der Waals surface area contributed by atoms with E-state index in [1.165, 1.54) is 30.7 Å². The van der Waals surface area contributed by atoms with Crippen LogP contribution in [-0.2, 0) is 4.79 Å². The zero-order chi connectivity index (χ0) is 21.8. The summed E-state index contributed by atoms with van der Waals surface area (Å²) in [5, 5.41) is 0. The van der Waals surface area contributed by atoms with Gasteiger partial charge in [-0.2, -0.15) is 0 Å². The molecule has 0 saturated carbocycles. The van der Waals surface area contributed by atoms with E-state index in [0.717, 1.165) is 50.1 Å². The van der Waals surface area contributed by atoms with Crippen LogP contribution >= 0.6 is 0 Å². The molecule has 0 unspecified atom stereocenters. The van der Waals surface area contributed by atoms with Crippen molar-refractivity contribution in [1.82, 2.24) is 14.7 Å². The molecule has 2 aliphatic rings. The first kappa shape index (κ1) is 21.9. The maximum absolute atomic E-state index is 13.5. The van der Waals surface area contributed by atoms with Gasteiger partial charge in [-0.15, -0.1) is 0 Å². The van der Waals surface area contributed by atoms with Gasteiger partial charge in [0.2, 0.25) is 5.91 Å². The number of carbonyl (C=O) groups excluding carboxylic acids is 1. The summed E-state index contributed by atoms with van der Waals surface area (Å²) in [5.74, 6) is -0.295. The van der Waals surface area contributed by atoms with Gasteiger partial charge in [0, 0.05) is 26.2 Å². The van der Waals surface area contributed by atoms with Crippen molar-refractivity contribution in [1.29, 1.82) is 0 Å². The van der Waals surface area contributed by atoms with Gasteiger partial charge in [0.05, 0.1) is 12.1 Å². The molecule has 0 bridgehead atoms. The standard InChI is InChI=1S/C25H31F2N3O/c1-2-28-14-4-3-5-23(28)25(31)30-17-15-29(16-18-30)24(19-6-10-21(26)11-7-19)20-8-12-22(27)13-9-20/h6-13,23-24H,2-5,14-18H2,1H3/t23-/m0/s1. The van der Waals surface area contributed by atoms with Crippen LogP contribution in [0.3, 0.4) is 0 Å². The molecule has 2 aromatic rings. The highest BCUT2D eigenvalue weighted by Gasteiger charge is 2.34. The van der Waals surface area contributed by atoms with Gasteiger partial charge in [-0.25, -0.2) is 8.78 Å². The Labute approximate surface area is 183 Å². The number of nitrogens with zero attached hydrogens (tertiary/aromatic N) is 3. The van der Waals surface area contributed by atoms with E-state index in [-0.39, 0.29) is 29.6 Å². The van der Waals surface area contributed by atoms with Crippen molar-refractivity contribution in [2.75, 3.05) is 39.3 Å². The molecular formula is C25H31F2N3O. The van der Waals surface area contributed by atoms with E-state index < -0.39 is 0 Å². The molecular weight excluding hydrogens is 396 g/mol. The van der Waals surface area contributed by atoms with Gasteiger partial charge in [0.1, 0.15) is 11.6 Å². The van der Waals surface area contributed by atoms with Crippen molar-refractivity contribution in [3.05, 3.63) is 71.3 Å². The Bertz CT molecular complexity index is 818. The number of benzene rings is 2. The van der Waals surface area contributed by atoms with Crippen molar-refractivity contribution < 1.29 is 13.6 Å². The lowest BCUT2D eigenvalue weighted by Crippen LogP contribution is -2.56. The number of likely N-dealkylation sites (tertiary alicyclic amines) is 1. The maximum atomic E-state index is 13.5. The van der Waals surface area contributed by atoms with Gasteiger partial charge in [0.25, 0.3) is 0 Å². The molecule has 2 heterocycles. The fourth-order valence-corrected chi connectivity index (χ4v) is 4.96. The highest BCUT2D eigenvalue weighted by Crippen LogP contribution is 2.30. The molecule has 0 N–H and O–H groups in total. The molecule has 0 radical (unpaired) electrons. The second-order valence-corrected chi connectivity index (χ2v) is 8.51. The number of rotatable bonds is 5. The molecule has 2 aromatic carbocycles. The van der Waals surface area contributed by atoms with E-state index in [0.29, 0.717) is 13.1 Å². The SMILES string of the molecule is CCN1CCCC[C@H]1C(=O)N1CCN(C(c2ccc(F)cc2)c2ccc(F)cc2)CC1. The number of hydrogen-bond donors (Lipinski definition) is 0. The summed E-state index contributed by atoms with van der Waals surface area (Å²) in [4.78, 5) is 19.8. The molecule has 0 aliphatic carbocycles. The third-order valence-electron chi connectivity index (χ3n) is 6.67. The summed E-state index contributed by atoms with van der Waals surface area (Å²) in [6.07, 6.45) is 3.23. The van der Waals surface area contributed by atoms with E-state index in [9.17, 15) is 13.6 Å². The fraction of sp³-hybridized carbons (Fsp3) is 0.480. The molecule has 2 saturated heterocycles. The van der Waals surface area contributed by atoms with Crippen LogP contribution in [-0.4, -0.2) is 65.9 Å². The molecule has 6 heteroatoms. The van der Waals surface area contributed by atoms with Gasteiger partial charge >= 0.3 is 0 Å². The summed E-state index contributed by atoms with van der Waals surface area (Å²) in [7, 11) is 0. The summed E-state index contributed by atoms with van der Waals surface area (Å²) in [6.45, 7) is 6.84. The minimum Gasteiger partial charge on any atom is -0.339 e. The van der Waals surface area contributed by atoms with Crippen LogP contribution in [0.2, 0.25) is 0 Å². The maximum Gasteiger partial charge on any atom is 0.240 e. The molecule has 4 rings (SSSR count). The Balaban J connectivity index is 1.49. The molecule has 31 heavy (non-hydrogen) atoms. The van der Waals surface area contributed by atoms with E-state index in [2.05, 4.69) is 16.7 Å². The Morgan fingerprint density at radius 2 is 1.42 bits per heavy atom. The quantitative estimate of drug-likeness (QED) is 0.720. The second kappa shape index (κ2) is 9.88. The predicted octanol–water partition coefficient (Wildman–Crippen LogP) is 4.07. The summed E-state index contributed by atoms with van der Waals surface area (Å²) in [5.41, 5.74) is 1.94. The fourth-order valence-electron chi connectivity index (χ4n) is 4.96. The molecule has 2 aliphatic heterocycles. The lowest BCUT2D eigenvalue weighted by atomic mass is 9.96. The number of hydrogen-bond acceptors (Lipinski definition) is 3. The van der Waals surface area contributed by atoms with Crippen molar-refractivity contribution in [2.45, 2.75) is 38.3 Å². The van der Waals surface area contributed by atoms with Gasteiger partial charge in [-0.05, 0) is 61.3 Å². The zero-order valence-electron chi connectivity index (χ0n) is 18.1. The molecule has 2 fully saturated rings. The first-order valence-electron chi connectivity index (χ1n) is 11.3. The first-order valence-corrected chi connectivity index (χ1v) is 11.3. The molecule has 1 atom stereocenters. The monoisotopic (exact) mass is 427 g/mol. The number of likely N-dealkylation sites (N-methyl/N-ethyl adjacent to an activating group) is 1. The normalized spacial score (nSPS) is 20.9. The molecule has 166 valence electrons. The Morgan fingerprint density at radius 1 is 0.871 bits per heavy atom. The van der Waals surface area contributed by atoms with Gasteiger partial charge in [-0.1, -0.05) is 37.6 Å². The van der Waals surface area contributed by atoms with Crippen LogP contribution in [0.25, 0.3) is 0 Å². The smallest absolute Gasteiger partial charge is 0.240 e. The summed E-state index contributed by atoms with van der Waals surface area (Å²) < 4.78 is 27.0. The minimum atomic E-state index is -0.273.